The number of ether oxygens (including phenoxy) is 1. The summed E-state index contributed by atoms with van der Waals surface area (Å²) in [4.78, 5) is 42.8. The molecule has 1 aromatic rings. The van der Waals surface area contributed by atoms with Crippen LogP contribution in [0.1, 0.15) is 56.3 Å². The van der Waals surface area contributed by atoms with Crippen LogP contribution in [0, 0.1) is 0 Å². The fourth-order valence-corrected chi connectivity index (χ4v) is 4.70. The van der Waals surface area contributed by atoms with Crippen LogP contribution in [0.4, 0.5) is 4.79 Å². The van der Waals surface area contributed by atoms with Crippen LogP contribution in [0.3, 0.4) is 0 Å². The van der Waals surface area contributed by atoms with Gasteiger partial charge in [-0.2, -0.15) is 0 Å². The zero-order valence-corrected chi connectivity index (χ0v) is 19.7. The molecule has 0 aliphatic carbocycles. The van der Waals surface area contributed by atoms with Crippen LogP contribution < -0.4 is 0 Å². The van der Waals surface area contributed by atoms with Crippen molar-refractivity contribution >= 4 is 29.5 Å². The van der Waals surface area contributed by atoms with Crippen LogP contribution in [-0.2, 0) is 9.53 Å². The molecule has 7 heteroatoms. The van der Waals surface area contributed by atoms with Gasteiger partial charge in [-0.15, -0.1) is 11.8 Å². The molecule has 2 unspecified atom stereocenters. The first-order valence-corrected chi connectivity index (χ1v) is 12.2. The third-order valence-corrected chi connectivity index (χ3v) is 6.74. The van der Waals surface area contributed by atoms with Crippen molar-refractivity contribution in [2.24, 2.45) is 0 Å². The van der Waals surface area contributed by atoms with Crippen LogP contribution in [0.25, 0.3) is 0 Å². The first kappa shape index (κ1) is 24.1. The lowest BCUT2D eigenvalue weighted by atomic mass is 10.1. The van der Waals surface area contributed by atoms with Gasteiger partial charge in [-0.3, -0.25) is 9.59 Å². The van der Waals surface area contributed by atoms with Gasteiger partial charge >= 0.3 is 6.09 Å². The number of benzene rings is 1. The van der Waals surface area contributed by atoms with Crippen LogP contribution in [0.15, 0.2) is 52.8 Å². The van der Waals surface area contributed by atoms with Gasteiger partial charge in [-0.05, 0) is 55.1 Å². The quantitative estimate of drug-likeness (QED) is 0.622. The van der Waals surface area contributed by atoms with Crippen molar-refractivity contribution in [3.63, 3.8) is 0 Å². The Bertz CT molecular complexity index is 868. The van der Waals surface area contributed by atoms with E-state index in [1.165, 1.54) is 9.81 Å². The molecule has 0 N–H and O–H groups in total. The SMILES string of the molecule is CCC(CC1=CCCC=CS1)OC(=O)N1CCC(C)N(C(=O)c2ccccc2)CC(=O)C1. The molecule has 2 aliphatic rings. The Balaban J connectivity index is 1.59. The molecule has 2 atom stereocenters. The number of allylic oxidation sites excluding steroid dienone is 2. The minimum Gasteiger partial charge on any atom is -0.446 e. The Morgan fingerprint density at radius 2 is 1.97 bits per heavy atom. The van der Waals surface area contributed by atoms with E-state index in [1.54, 1.807) is 28.8 Å². The smallest absolute Gasteiger partial charge is 0.410 e. The van der Waals surface area contributed by atoms with E-state index >= 15 is 0 Å². The molecule has 0 spiro atoms. The maximum atomic E-state index is 12.9. The van der Waals surface area contributed by atoms with E-state index in [1.807, 2.05) is 32.0 Å². The Morgan fingerprint density at radius 1 is 1.19 bits per heavy atom. The predicted molar refractivity (Wildman–Crippen MR) is 127 cm³/mol. The number of ketones is 1. The molecular formula is C25H32N2O4S. The van der Waals surface area contributed by atoms with Gasteiger partial charge in [-0.1, -0.05) is 37.3 Å². The first-order valence-electron chi connectivity index (χ1n) is 11.3. The topological polar surface area (TPSA) is 66.9 Å². The van der Waals surface area contributed by atoms with Crippen molar-refractivity contribution in [3.8, 4) is 0 Å². The van der Waals surface area contributed by atoms with Crippen LogP contribution in [0.5, 0.6) is 0 Å². The minimum absolute atomic E-state index is 0.00819. The molecule has 0 saturated carbocycles. The zero-order chi connectivity index (χ0) is 22.9. The third kappa shape index (κ3) is 6.73. The lowest BCUT2D eigenvalue weighted by Crippen LogP contribution is -2.50. The summed E-state index contributed by atoms with van der Waals surface area (Å²) in [5.74, 6) is -0.324. The van der Waals surface area contributed by atoms with Gasteiger partial charge in [0.25, 0.3) is 5.91 Å². The Labute approximate surface area is 194 Å². The largest absolute Gasteiger partial charge is 0.446 e. The highest BCUT2D eigenvalue weighted by Crippen LogP contribution is 2.28. The van der Waals surface area contributed by atoms with E-state index in [0.717, 1.165) is 12.8 Å². The number of carbonyl (C=O) groups excluding carboxylic acids is 3. The molecule has 0 bridgehead atoms. The first-order chi connectivity index (χ1) is 15.5. The van der Waals surface area contributed by atoms with E-state index in [2.05, 4.69) is 17.6 Å². The number of amides is 2. The second kappa shape index (κ2) is 11.9. The van der Waals surface area contributed by atoms with Gasteiger partial charge in [0, 0.05) is 24.6 Å². The molecule has 6 nitrogen and oxygen atoms in total. The Morgan fingerprint density at radius 3 is 2.72 bits per heavy atom. The summed E-state index contributed by atoms with van der Waals surface area (Å²) >= 11 is 1.68. The van der Waals surface area contributed by atoms with Crippen molar-refractivity contribution in [2.75, 3.05) is 19.6 Å². The zero-order valence-electron chi connectivity index (χ0n) is 18.9. The number of Topliss-reactive ketones (excluding diaryl/α,β-unsaturated/α-hetero) is 1. The summed E-state index contributed by atoms with van der Waals surface area (Å²) in [5, 5.41) is 2.09. The maximum Gasteiger partial charge on any atom is 0.410 e. The number of rotatable bonds is 5. The van der Waals surface area contributed by atoms with Crippen molar-refractivity contribution < 1.29 is 19.1 Å². The average Bonchev–Trinajstić information content (AvgIpc) is 3.07. The second-order valence-corrected chi connectivity index (χ2v) is 9.28. The maximum absolute atomic E-state index is 12.9. The van der Waals surface area contributed by atoms with Crippen molar-refractivity contribution in [2.45, 2.75) is 58.1 Å². The fourth-order valence-electron chi connectivity index (χ4n) is 3.80. The van der Waals surface area contributed by atoms with Crippen molar-refractivity contribution in [1.82, 2.24) is 9.80 Å². The highest BCUT2D eigenvalue weighted by Gasteiger charge is 2.30. The van der Waals surface area contributed by atoms with Gasteiger partial charge in [0.15, 0.2) is 5.78 Å². The van der Waals surface area contributed by atoms with Gasteiger partial charge < -0.3 is 14.5 Å². The van der Waals surface area contributed by atoms with Gasteiger partial charge in [0.05, 0.1) is 13.1 Å². The van der Waals surface area contributed by atoms with Crippen LogP contribution in [0.2, 0.25) is 0 Å². The summed E-state index contributed by atoms with van der Waals surface area (Å²) in [6, 6.07) is 8.82. The van der Waals surface area contributed by atoms with Gasteiger partial charge in [-0.25, -0.2) is 4.79 Å². The normalized spacial score (nSPS) is 20.6. The predicted octanol–water partition coefficient (Wildman–Crippen LogP) is 5.02. The van der Waals surface area contributed by atoms with E-state index in [9.17, 15) is 14.4 Å². The summed E-state index contributed by atoms with van der Waals surface area (Å²) in [7, 11) is 0. The lowest BCUT2D eigenvalue weighted by molar-refractivity contribution is -0.122. The molecule has 1 fully saturated rings. The molecular weight excluding hydrogens is 424 g/mol. The highest BCUT2D eigenvalue weighted by atomic mass is 32.2. The molecule has 2 amide bonds. The fraction of sp³-hybridized carbons (Fsp3) is 0.480. The number of hydrogen-bond acceptors (Lipinski definition) is 5. The van der Waals surface area contributed by atoms with Gasteiger partial charge in [0.1, 0.15) is 6.10 Å². The molecule has 0 radical (unpaired) electrons. The molecule has 1 aromatic carbocycles. The van der Waals surface area contributed by atoms with E-state index < -0.39 is 6.09 Å². The standard InChI is InChI=1S/C25H32N2O4S/c1-3-22(16-23-12-8-5-9-15-32-23)31-25(30)26-14-13-19(2)27(18-21(28)17-26)24(29)20-10-6-4-7-11-20/h4,6-7,9-12,15,19,22H,3,5,8,13-14,16-18H2,1-2H3. The number of hydrogen-bond donors (Lipinski definition) is 0. The van der Waals surface area contributed by atoms with E-state index in [4.69, 9.17) is 4.74 Å². The Hall–Kier alpha value is -2.54. The number of nitrogens with zero attached hydrogens (tertiary/aromatic N) is 2. The molecule has 32 heavy (non-hydrogen) atoms. The van der Waals surface area contributed by atoms with E-state index in [0.29, 0.717) is 31.4 Å². The average molecular weight is 457 g/mol. The monoisotopic (exact) mass is 456 g/mol. The summed E-state index contributed by atoms with van der Waals surface area (Å²) < 4.78 is 5.78. The minimum atomic E-state index is -0.449. The second-order valence-electron chi connectivity index (χ2n) is 8.25. The number of carbonyl (C=O) groups is 3. The van der Waals surface area contributed by atoms with Crippen molar-refractivity contribution in [3.05, 3.63) is 58.4 Å². The lowest BCUT2D eigenvalue weighted by Gasteiger charge is -2.34. The summed E-state index contributed by atoms with van der Waals surface area (Å²) in [6.45, 7) is 4.25. The molecule has 0 aromatic heterocycles. The summed E-state index contributed by atoms with van der Waals surface area (Å²) in [6.07, 6.45) is 7.71. The molecule has 172 valence electrons. The number of thioether (sulfide) groups is 1. The molecule has 3 rings (SSSR count). The van der Waals surface area contributed by atoms with Crippen molar-refractivity contribution in [1.29, 1.82) is 0 Å². The summed E-state index contributed by atoms with van der Waals surface area (Å²) in [5.41, 5.74) is 0.565. The highest BCUT2D eigenvalue weighted by molar-refractivity contribution is 8.05. The van der Waals surface area contributed by atoms with Gasteiger partial charge in [0.2, 0.25) is 0 Å². The third-order valence-electron chi connectivity index (χ3n) is 5.78. The molecule has 2 heterocycles. The van der Waals surface area contributed by atoms with Crippen LogP contribution >= 0.6 is 11.8 Å². The Kier molecular flexibility index (Phi) is 8.97. The molecule has 1 saturated heterocycles. The van der Waals surface area contributed by atoms with E-state index in [-0.39, 0.29) is 36.9 Å². The molecule has 2 aliphatic heterocycles. The van der Waals surface area contributed by atoms with Crippen LogP contribution in [-0.4, -0.2) is 59.4 Å².